The Morgan fingerprint density at radius 3 is 2.62 bits per heavy atom. The number of nitrogens with zero attached hydrogens (tertiary/aromatic N) is 2. The van der Waals surface area contributed by atoms with Crippen LogP contribution in [0.3, 0.4) is 0 Å². The minimum absolute atomic E-state index is 0.00828. The molecular weight excluding hydrogens is 262 g/mol. The zero-order chi connectivity index (χ0) is 15.1. The van der Waals surface area contributed by atoms with Crippen molar-refractivity contribution in [3.63, 3.8) is 0 Å². The lowest BCUT2D eigenvalue weighted by Crippen LogP contribution is -2.35. The van der Waals surface area contributed by atoms with Crippen LogP contribution in [-0.2, 0) is 4.79 Å². The van der Waals surface area contributed by atoms with Crippen molar-refractivity contribution in [1.29, 1.82) is 5.26 Å². The topological polar surface area (TPSA) is 56.1 Å². The van der Waals surface area contributed by atoms with Gasteiger partial charge in [0.25, 0.3) is 0 Å². The fraction of sp³-hybridized carbons (Fsp3) is 0.176. The Bertz CT molecular complexity index is 647. The van der Waals surface area contributed by atoms with E-state index < -0.39 is 0 Å². The fourth-order valence-corrected chi connectivity index (χ4v) is 2.08. The van der Waals surface area contributed by atoms with Gasteiger partial charge in [-0.25, -0.2) is 0 Å². The summed E-state index contributed by atoms with van der Waals surface area (Å²) >= 11 is 0. The first-order valence-electron chi connectivity index (χ1n) is 6.84. The molecule has 4 nitrogen and oxygen atoms in total. The first kappa shape index (κ1) is 14.6. The highest BCUT2D eigenvalue weighted by Crippen LogP contribution is 2.14. The van der Waals surface area contributed by atoms with E-state index in [1.165, 1.54) is 0 Å². The third-order valence-corrected chi connectivity index (χ3v) is 3.12. The average Bonchev–Trinajstić information content (AvgIpc) is 2.55. The minimum atomic E-state index is -0.00828. The van der Waals surface area contributed by atoms with E-state index in [1.54, 1.807) is 23.1 Å². The van der Waals surface area contributed by atoms with Crippen LogP contribution in [0.4, 0.5) is 11.4 Å². The molecule has 4 heteroatoms. The summed E-state index contributed by atoms with van der Waals surface area (Å²) in [6.07, 6.45) is 0. The number of amides is 1. The van der Waals surface area contributed by atoms with Crippen molar-refractivity contribution in [2.75, 3.05) is 23.3 Å². The third-order valence-electron chi connectivity index (χ3n) is 3.12. The summed E-state index contributed by atoms with van der Waals surface area (Å²) in [5.74, 6) is -0.00828. The molecule has 0 aliphatic rings. The van der Waals surface area contributed by atoms with E-state index in [1.807, 2.05) is 43.3 Å². The van der Waals surface area contributed by atoms with Gasteiger partial charge >= 0.3 is 0 Å². The number of para-hydroxylation sites is 1. The minimum Gasteiger partial charge on any atom is -0.376 e. The van der Waals surface area contributed by atoms with E-state index in [4.69, 9.17) is 5.26 Å². The van der Waals surface area contributed by atoms with Gasteiger partial charge in [0.1, 0.15) is 0 Å². The van der Waals surface area contributed by atoms with Gasteiger partial charge in [-0.1, -0.05) is 24.3 Å². The lowest BCUT2D eigenvalue weighted by atomic mass is 10.2. The maximum atomic E-state index is 12.3. The van der Waals surface area contributed by atoms with Gasteiger partial charge in [0.15, 0.2) is 0 Å². The number of hydrogen-bond donors (Lipinski definition) is 1. The zero-order valence-corrected chi connectivity index (χ0v) is 11.9. The number of benzene rings is 2. The van der Waals surface area contributed by atoms with Crippen molar-refractivity contribution in [3.8, 4) is 6.07 Å². The van der Waals surface area contributed by atoms with Crippen molar-refractivity contribution in [1.82, 2.24) is 0 Å². The maximum Gasteiger partial charge on any atom is 0.246 e. The second-order valence-corrected chi connectivity index (χ2v) is 4.52. The smallest absolute Gasteiger partial charge is 0.246 e. The van der Waals surface area contributed by atoms with Crippen LogP contribution in [0, 0.1) is 11.3 Å². The Kier molecular flexibility index (Phi) is 4.94. The molecule has 0 saturated heterocycles. The standard InChI is InChI=1S/C17H17N3O/c1-2-20(16-9-4-3-5-10-16)17(21)13-19-15-8-6-7-14(11-15)12-18/h3-11,19H,2,13H2,1H3. The number of nitrogens with one attached hydrogen (secondary N) is 1. The second-order valence-electron chi connectivity index (χ2n) is 4.52. The van der Waals surface area contributed by atoms with Crippen molar-refractivity contribution in [3.05, 3.63) is 60.2 Å². The summed E-state index contributed by atoms with van der Waals surface area (Å²) in [5.41, 5.74) is 2.23. The fourth-order valence-electron chi connectivity index (χ4n) is 2.08. The molecule has 0 unspecified atom stereocenters. The molecule has 0 radical (unpaired) electrons. The molecule has 1 amide bonds. The van der Waals surface area contributed by atoms with E-state index in [0.717, 1.165) is 11.4 Å². The first-order valence-corrected chi connectivity index (χ1v) is 6.84. The van der Waals surface area contributed by atoms with Gasteiger partial charge in [0.2, 0.25) is 5.91 Å². The summed E-state index contributed by atoms with van der Waals surface area (Å²) in [4.78, 5) is 14.0. The lowest BCUT2D eigenvalue weighted by molar-refractivity contribution is -0.116. The van der Waals surface area contributed by atoms with E-state index in [9.17, 15) is 4.79 Å². The van der Waals surface area contributed by atoms with Crippen LogP contribution < -0.4 is 10.2 Å². The summed E-state index contributed by atoms with van der Waals surface area (Å²) in [6, 6.07) is 18.7. The van der Waals surface area contributed by atoms with Crippen LogP contribution >= 0.6 is 0 Å². The van der Waals surface area contributed by atoms with Crippen molar-refractivity contribution < 1.29 is 4.79 Å². The van der Waals surface area contributed by atoms with Gasteiger partial charge in [-0.3, -0.25) is 4.79 Å². The number of rotatable bonds is 5. The third kappa shape index (κ3) is 3.83. The molecule has 0 saturated carbocycles. The Morgan fingerprint density at radius 2 is 1.95 bits per heavy atom. The van der Waals surface area contributed by atoms with Crippen molar-refractivity contribution in [2.45, 2.75) is 6.92 Å². The number of carbonyl (C=O) groups excluding carboxylic acids is 1. The molecule has 21 heavy (non-hydrogen) atoms. The van der Waals surface area contributed by atoms with E-state index in [2.05, 4.69) is 11.4 Å². The Labute approximate surface area is 124 Å². The molecule has 0 heterocycles. The normalized spacial score (nSPS) is 9.71. The van der Waals surface area contributed by atoms with Crippen LogP contribution in [0.25, 0.3) is 0 Å². The van der Waals surface area contributed by atoms with Crippen LogP contribution in [-0.4, -0.2) is 19.0 Å². The van der Waals surface area contributed by atoms with Gasteiger partial charge in [-0.15, -0.1) is 0 Å². The van der Waals surface area contributed by atoms with E-state index in [-0.39, 0.29) is 12.5 Å². The van der Waals surface area contributed by atoms with Gasteiger partial charge < -0.3 is 10.2 Å². The van der Waals surface area contributed by atoms with Crippen LogP contribution in [0.15, 0.2) is 54.6 Å². The average molecular weight is 279 g/mol. The highest BCUT2D eigenvalue weighted by atomic mass is 16.2. The summed E-state index contributed by atoms with van der Waals surface area (Å²) in [6.45, 7) is 2.75. The number of nitriles is 1. The molecule has 2 aromatic rings. The lowest BCUT2D eigenvalue weighted by Gasteiger charge is -2.21. The van der Waals surface area contributed by atoms with Gasteiger partial charge in [-0.2, -0.15) is 5.26 Å². The predicted octanol–water partition coefficient (Wildman–Crippen LogP) is 3.02. The molecule has 0 aromatic heterocycles. The molecule has 106 valence electrons. The molecule has 0 spiro atoms. The number of likely N-dealkylation sites (N-methyl/N-ethyl adjacent to an activating group) is 1. The van der Waals surface area contributed by atoms with Crippen LogP contribution in [0.1, 0.15) is 12.5 Å². The molecule has 2 rings (SSSR count). The van der Waals surface area contributed by atoms with E-state index >= 15 is 0 Å². The second kappa shape index (κ2) is 7.11. The monoisotopic (exact) mass is 279 g/mol. The molecular formula is C17H17N3O. The van der Waals surface area contributed by atoms with E-state index in [0.29, 0.717) is 12.1 Å². The van der Waals surface area contributed by atoms with Crippen molar-refractivity contribution >= 4 is 17.3 Å². The van der Waals surface area contributed by atoms with Gasteiger partial charge in [-0.05, 0) is 37.3 Å². The van der Waals surface area contributed by atoms with Gasteiger partial charge in [0, 0.05) is 17.9 Å². The predicted molar refractivity (Wildman–Crippen MR) is 84.1 cm³/mol. The molecule has 0 aliphatic carbocycles. The molecule has 0 atom stereocenters. The zero-order valence-electron chi connectivity index (χ0n) is 11.9. The van der Waals surface area contributed by atoms with Crippen molar-refractivity contribution in [2.24, 2.45) is 0 Å². The SMILES string of the molecule is CCN(C(=O)CNc1cccc(C#N)c1)c1ccccc1. The number of hydrogen-bond acceptors (Lipinski definition) is 3. The molecule has 0 bridgehead atoms. The molecule has 0 aliphatic heterocycles. The summed E-state index contributed by atoms with van der Waals surface area (Å²) in [5, 5.41) is 11.9. The highest BCUT2D eigenvalue weighted by Gasteiger charge is 2.12. The quantitative estimate of drug-likeness (QED) is 0.915. The Balaban J connectivity index is 2.02. The van der Waals surface area contributed by atoms with Gasteiger partial charge in [0.05, 0.1) is 18.2 Å². The Morgan fingerprint density at radius 1 is 1.19 bits per heavy atom. The number of anilines is 2. The molecule has 2 aromatic carbocycles. The first-order chi connectivity index (χ1) is 10.2. The maximum absolute atomic E-state index is 12.3. The molecule has 0 fully saturated rings. The summed E-state index contributed by atoms with van der Waals surface area (Å²) < 4.78 is 0. The highest BCUT2D eigenvalue weighted by molar-refractivity contribution is 5.96. The van der Waals surface area contributed by atoms with Crippen LogP contribution in [0.5, 0.6) is 0 Å². The number of carbonyl (C=O) groups is 1. The van der Waals surface area contributed by atoms with Crippen LogP contribution in [0.2, 0.25) is 0 Å². The Hall–Kier alpha value is -2.80. The summed E-state index contributed by atoms with van der Waals surface area (Å²) in [7, 11) is 0. The molecule has 1 N–H and O–H groups in total. The largest absolute Gasteiger partial charge is 0.376 e.